The maximum Gasteiger partial charge on any atom is 0.311 e. The molecular formula is C34H36N2O6. The predicted octanol–water partition coefficient (Wildman–Crippen LogP) is 6.90. The van der Waals surface area contributed by atoms with Gasteiger partial charge in [-0.3, -0.25) is 19.8 Å². The summed E-state index contributed by atoms with van der Waals surface area (Å²) in [6.07, 6.45) is 1.57. The number of hydrogen-bond donors (Lipinski definition) is 0. The van der Waals surface area contributed by atoms with Crippen molar-refractivity contribution >= 4 is 11.5 Å². The lowest BCUT2D eigenvalue weighted by atomic mass is 10.0. The van der Waals surface area contributed by atoms with Gasteiger partial charge in [-0.1, -0.05) is 66.7 Å². The number of nitro groups is 1. The van der Waals surface area contributed by atoms with Gasteiger partial charge >= 0.3 is 5.69 Å². The second-order valence-corrected chi connectivity index (χ2v) is 10.1. The Hall–Kier alpha value is -4.69. The molecule has 0 aromatic heterocycles. The van der Waals surface area contributed by atoms with Crippen LogP contribution in [0.5, 0.6) is 17.2 Å². The fourth-order valence-corrected chi connectivity index (χ4v) is 4.75. The third-order valence-corrected chi connectivity index (χ3v) is 7.21. The van der Waals surface area contributed by atoms with Crippen LogP contribution in [-0.2, 0) is 19.6 Å². The Balaban J connectivity index is 1.49. The lowest BCUT2D eigenvalue weighted by Crippen LogP contribution is -2.37. The fraction of sp³-hybridized carbons (Fsp3) is 0.265. The van der Waals surface area contributed by atoms with Crippen molar-refractivity contribution in [2.45, 2.75) is 39.0 Å². The first kappa shape index (κ1) is 30.3. The second kappa shape index (κ2) is 14.8. The molecule has 0 aliphatic carbocycles. The number of ketones is 1. The Labute approximate surface area is 246 Å². The topological polar surface area (TPSA) is 91.1 Å². The zero-order valence-corrected chi connectivity index (χ0v) is 24.2. The normalized spacial score (nSPS) is 11.6. The zero-order chi connectivity index (χ0) is 29.9. The quantitative estimate of drug-likeness (QED) is 0.0875. The molecular weight excluding hydrogens is 532 g/mol. The molecule has 1 unspecified atom stereocenters. The van der Waals surface area contributed by atoms with Gasteiger partial charge in [-0.15, -0.1) is 0 Å². The van der Waals surface area contributed by atoms with Crippen LogP contribution in [0, 0.1) is 10.1 Å². The van der Waals surface area contributed by atoms with E-state index in [1.807, 2.05) is 78.9 Å². The van der Waals surface area contributed by atoms with Crippen LogP contribution in [0.1, 0.15) is 40.4 Å². The molecule has 0 fully saturated rings. The smallest absolute Gasteiger partial charge is 0.311 e. The van der Waals surface area contributed by atoms with Gasteiger partial charge in [-0.2, -0.15) is 0 Å². The van der Waals surface area contributed by atoms with Crippen molar-refractivity contribution < 1.29 is 23.9 Å². The van der Waals surface area contributed by atoms with Crippen molar-refractivity contribution in [2.24, 2.45) is 0 Å². The SMILES string of the molecule is COc1ccc(CCC(C)N(CC(=O)c2ccc(OCc3ccccc3)c([N+](=O)[O-])c2)Cc2ccccc2)cc1OC. The minimum Gasteiger partial charge on any atom is -0.493 e. The summed E-state index contributed by atoms with van der Waals surface area (Å²) in [5, 5.41) is 11.9. The van der Waals surface area contributed by atoms with E-state index in [0.29, 0.717) is 18.0 Å². The molecule has 8 nitrogen and oxygen atoms in total. The summed E-state index contributed by atoms with van der Waals surface area (Å²) >= 11 is 0. The average Bonchev–Trinajstić information content (AvgIpc) is 3.02. The maximum atomic E-state index is 13.5. The number of Topliss-reactive ketones (excluding diaryl/α,β-unsaturated/α-hetero) is 1. The van der Waals surface area contributed by atoms with E-state index in [2.05, 4.69) is 11.8 Å². The van der Waals surface area contributed by atoms with Crippen molar-refractivity contribution in [3.63, 3.8) is 0 Å². The molecule has 1 atom stereocenters. The molecule has 4 aromatic rings. The zero-order valence-electron chi connectivity index (χ0n) is 24.2. The minimum absolute atomic E-state index is 0.0470. The first-order chi connectivity index (χ1) is 20.4. The van der Waals surface area contributed by atoms with Crippen LogP contribution in [0.3, 0.4) is 0 Å². The number of ether oxygens (including phenoxy) is 3. The fourth-order valence-electron chi connectivity index (χ4n) is 4.75. The van der Waals surface area contributed by atoms with Crippen molar-refractivity contribution in [1.29, 1.82) is 0 Å². The second-order valence-electron chi connectivity index (χ2n) is 10.1. The number of methoxy groups -OCH3 is 2. The van der Waals surface area contributed by atoms with Gasteiger partial charge in [0.15, 0.2) is 23.0 Å². The summed E-state index contributed by atoms with van der Waals surface area (Å²) in [4.78, 5) is 27.0. The van der Waals surface area contributed by atoms with Crippen LogP contribution in [0.25, 0.3) is 0 Å². The Kier molecular flexibility index (Phi) is 10.7. The molecule has 0 amide bonds. The Morgan fingerprint density at radius 2 is 1.45 bits per heavy atom. The van der Waals surface area contributed by atoms with Crippen LogP contribution in [0.4, 0.5) is 5.69 Å². The summed E-state index contributed by atoms with van der Waals surface area (Å²) in [6, 6.07) is 29.7. The minimum atomic E-state index is -0.509. The summed E-state index contributed by atoms with van der Waals surface area (Å²) in [5.74, 6) is 1.29. The molecule has 0 bridgehead atoms. The Morgan fingerprint density at radius 1 is 0.810 bits per heavy atom. The van der Waals surface area contributed by atoms with Gasteiger partial charge in [0.05, 0.1) is 25.7 Å². The average molecular weight is 569 g/mol. The van der Waals surface area contributed by atoms with E-state index >= 15 is 0 Å². The molecule has 4 rings (SSSR count). The lowest BCUT2D eigenvalue weighted by Gasteiger charge is -2.29. The molecule has 8 heteroatoms. The lowest BCUT2D eigenvalue weighted by molar-refractivity contribution is -0.386. The van der Waals surface area contributed by atoms with E-state index in [-0.39, 0.29) is 42.0 Å². The van der Waals surface area contributed by atoms with E-state index < -0.39 is 4.92 Å². The van der Waals surface area contributed by atoms with E-state index in [1.165, 1.54) is 12.1 Å². The highest BCUT2D eigenvalue weighted by molar-refractivity contribution is 5.98. The number of hydrogen-bond acceptors (Lipinski definition) is 7. The van der Waals surface area contributed by atoms with Gasteiger partial charge in [0.1, 0.15) is 6.61 Å². The van der Waals surface area contributed by atoms with Gasteiger partial charge in [0, 0.05) is 24.2 Å². The third-order valence-electron chi connectivity index (χ3n) is 7.21. The van der Waals surface area contributed by atoms with Crippen LogP contribution >= 0.6 is 0 Å². The van der Waals surface area contributed by atoms with Crippen molar-refractivity contribution in [1.82, 2.24) is 4.90 Å². The molecule has 0 spiro atoms. The molecule has 0 heterocycles. The molecule has 0 saturated carbocycles. The standard InChI is InChI=1S/C34H36N2O6/c1-25(14-15-26-16-18-33(40-2)34(20-26)41-3)35(22-27-10-6-4-7-11-27)23-31(37)29-17-19-32(30(21-29)36(38)39)42-24-28-12-8-5-9-13-28/h4-13,16-21,25H,14-15,22-24H2,1-3H3. The number of carbonyl (C=O) groups excluding carboxylic acids is 1. The van der Waals surface area contributed by atoms with Crippen molar-refractivity contribution in [3.8, 4) is 17.2 Å². The largest absolute Gasteiger partial charge is 0.493 e. The third kappa shape index (κ3) is 8.17. The molecule has 0 aliphatic heterocycles. The molecule has 0 radical (unpaired) electrons. The first-order valence-corrected chi connectivity index (χ1v) is 13.8. The summed E-state index contributed by atoms with van der Waals surface area (Å²) < 4.78 is 16.5. The van der Waals surface area contributed by atoms with Gasteiger partial charge in [0.25, 0.3) is 0 Å². The summed E-state index contributed by atoms with van der Waals surface area (Å²) in [7, 11) is 3.22. The summed E-state index contributed by atoms with van der Waals surface area (Å²) in [6.45, 7) is 2.97. The van der Waals surface area contributed by atoms with Gasteiger partial charge in [-0.25, -0.2) is 0 Å². The molecule has 0 saturated heterocycles. The van der Waals surface area contributed by atoms with E-state index in [1.54, 1.807) is 20.3 Å². The Bertz CT molecular complexity index is 1480. The summed E-state index contributed by atoms with van der Waals surface area (Å²) in [5.41, 5.74) is 3.13. The monoisotopic (exact) mass is 568 g/mol. The molecule has 0 N–H and O–H groups in total. The highest BCUT2D eigenvalue weighted by atomic mass is 16.6. The highest BCUT2D eigenvalue weighted by Crippen LogP contribution is 2.30. The number of nitro benzene ring substituents is 1. The van der Waals surface area contributed by atoms with E-state index in [4.69, 9.17) is 14.2 Å². The van der Waals surface area contributed by atoms with Gasteiger partial charge in [-0.05, 0) is 60.7 Å². The number of aryl methyl sites for hydroxylation is 1. The van der Waals surface area contributed by atoms with Crippen molar-refractivity contribution in [2.75, 3.05) is 20.8 Å². The van der Waals surface area contributed by atoms with E-state index in [9.17, 15) is 14.9 Å². The maximum absolute atomic E-state index is 13.5. The predicted molar refractivity (Wildman–Crippen MR) is 162 cm³/mol. The highest BCUT2D eigenvalue weighted by Gasteiger charge is 2.23. The van der Waals surface area contributed by atoms with E-state index in [0.717, 1.165) is 29.5 Å². The van der Waals surface area contributed by atoms with Gasteiger partial charge < -0.3 is 14.2 Å². The number of carbonyl (C=O) groups is 1. The number of nitrogens with zero attached hydrogens (tertiary/aromatic N) is 2. The first-order valence-electron chi connectivity index (χ1n) is 13.8. The van der Waals surface area contributed by atoms with Crippen LogP contribution in [0.2, 0.25) is 0 Å². The van der Waals surface area contributed by atoms with Crippen LogP contribution in [0.15, 0.2) is 97.1 Å². The van der Waals surface area contributed by atoms with Crippen LogP contribution < -0.4 is 14.2 Å². The Morgan fingerprint density at radius 3 is 2.10 bits per heavy atom. The molecule has 0 aliphatic rings. The molecule has 218 valence electrons. The van der Waals surface area contributed by atoms with Crippen molar-refractivity contribution in [3.05, 3.63) is 129 Å². The van der Waals surface area contributed by atoms with Gasteiger partial charge in [0.2, 0.25) is 0 Å². The molecule has 42 heavy (non-hydrogen) atoms. The molecule has 4 aromatic carbocycles. The van der Waals surface area contributed by atoms with Crippen LogP contribution in [-0.4, -0.2) is 42.4 Å². The number of benzene rings is 4. The number of rotatable bonds is 15.